The van der Waals surface area contributed by atoms with Crippen molar-refractivity contribution in [3.63, 3.8) is 0 Å². The predicted molar refractivity (Wildman–Crippen MR) is 154 cm³/mol. The number of nitrogens with zero attached hydrogens (tertiary/aromatic N) is 4. The molecule has 42 heavy (non-hydrogen) atoms. The maximum atomic E-state index is 15.6. The molecular weight excluding hydrogens is 586 g/mol. The smallest absolute Gasteiger partial charge is 0.335 e. The zero-order valence-electron chi connectivity index (χ0n) is 22.6. The van der Waals surface area contributed by atoms with Crippen LogP contribution in [0.15, 0.2) is 54.7 Å². The number of fused-ring (bicyclic) bond motifs is 1. The quantitative estimate of drug-likeness (QED) is 0.203. The molecule has 4 heterocycles. The minimum atomic E-state index is -1.06. The number of carbonyl (C=O) groups is 1. The van der Waals surface area contributed by atoms with E-state index >= 15 is 8.78 Å². The van der Waals surface area contributed by atoms with Gasteiger partial charge in [-0.25, -0.2) is 28.5 Å². The molecule has 1 saturated heterocycles. The molecule has 0 saturated carbocycles. The van der Waals surface area contributed by atoms with Crippen LogP contribution in [-0.4, -0.2) is 43.8 Å². The first-order valence-corrected chi connectivity index (χ1v) is 14.3. The zero-order chi connectivity index (χ0) is 29.6. The SMILES string of the molecule is CC1(C)COCC1n1c(Cc2cc(F)c(-c3cccc(OCc4ncc(Cl)s4)n3)cc2F)nc2ccc(C(=O)O)cc21. The van der Waals surface area contributed by atoms with E-state index in [0.717, 1.165) is 12.1 Å². The Bertz CT molecular complexity index is 1820. The van der Waals surface area contributed by atoms with Crippen molar-refractivity contribution in [3.8, 4) is 17.1 Å². The van der Waals surface area contributed by atoms with Crippen molar-refractivity contribution in [2.45, 2.75) is 32.9 Å². The normalized spacial score (nSPS) is 16.3. The average molecular weight is 611 g/mol. The van der Waals surface area contributed by atoms with E-state index in [1.165, 1.54) is 23.6 Å². The summed E-state index contributed by atoms with van der Waals surface area (Å²) >= 11 is 7.19. The van der Waals surface area contributed by atoms with Crippen LogP contribution in [0.25, 0.3) is 22.3 Å². The monoisotopic (exact) mass is 610 g/mol. The van der Waals surface area contributed by atoms with Crippen LogP contribution in [0.4, 0.5) is 8.78 Å². The zero-order valence-corrected chi connectivity index (χ0v) is 24.2. The van der Waals surface area contributed by atoms with Crippen molar-refractivity contribution in [1.82, 2.24) is 19.5 Å². The molecule has 0 bridgehead atoms. The second kappa shape index (κ2) is 11.0. The molecule has 5 aromatic rings. The Kier molecular flexibility index (Phi) is 7.42. The number of thiazole rings is 1. The number of aromatic carboxylic acids is 1. The Labute approximate surface area is 248 Å². The highest BCUT2D eigenvalue weighted by atomic mass is 35.5. The van der Waals surface area contributed by atoms with Gasteiger partial charge in [-0.05, 0) is 42.0 Å². The Morgan fingerprint density at radius 2 is 2.02 bits per heavy atom. The fourth-order valence-electron chi connectivity index (χ4n) is 5.15. The first kappa shape index (κ1) is 28.2. The van der Waals surface area contributed by atoms with Gasteiger partial charge in [0.2, 0.25) is 5.88 Å². The van der Waals surface area contributed by atoms with Gasteiger partial charge in [0.15, 0.2) is 0 Å². The molecule has 1 N–H and O–H groups in total. The van der Waals surface area contributed by atoms with Gasteiger partial charge in [-0.15, -0.1) is 11.3 Å². The van der Waals surface area contributed by atoms with Crippen molar-refractivity contribution >= 4 is 39.9 Å². The number of pyridine rings is 1. The summed E-state index contributed by atoms with van der Waals surface area (Å²) in [5.74, 6) is -1.61. The fourth-order valence-corrected chi connectivity index (χ4v) is 6.02. The third kappa shape index (κ3) is 5.47. The van der Waals surface area contributed by atoms with Gasteiger partial charge < -0.3 is 19.1 Å². The maximum Gasteiger partial charge on any atom is 0.335 e. The fraction of sp³-hybridized carbons (Fsp3) is 0.267. The first-order chi connectivity index (χ1) is 20.1. The van der Waals surface area contributed by atoms with E-state index in [1.807, 2.05) is 18.4 Å². The van der Waals surface area contributed by atoms with Gasteiger partial charge in [0.05, 0.1) is 47.7 Å². The highest BCUT2D eigenvalue weighted by Gasteiger charge is 2.39. The van der Waals surface area contributed by atoms with E-state index in [0.29, 0.717) is 39.4 Å². The topological polar surface area (TPSA) is 99.4 Å². The molecule has 2 aromatic carbocycles. The van der Waals surface area contributed by atoms with Crippen molar-refractivity contribution in [2.24, 2.45) is 5.41 Å². The van der Waals surface area contributed by atoms with Gasteiger partial charge in [0, 0.05) is 23.5 Å². The number of carboxylic acid groups (broad SMARTS) is 1. The molecule has 0 aliphatic carbocycles. The summed E-state index contributed by atoms with van der Waals surface area (Å²) in [6.07, 6.45) is 1.51. The number of halogens is 3. The molecule has 0 amide bonds. The molecular formula is C30H25ClF2N4O4S. The van der Waals surface area contributed by atoms with Crippen LogP contribution in [0, 0.1) is 17.0 Å². The molecule has 6 rings (SSSR count). The highest BCUT2D eigenvalue weighted by Crippen LogP contribution is 2.40. The van der Waals surface area contributed by atoms with Crippen LogP contribution in [0.5, 0.6) is 5.88 Å². The van der Waals surface area contributed by atoms with Gasteiger partial charge in [-0.1, -0.05) is 31.5 Å². The molecule has 1 atom stereocenters. The number of imidazole rings is 1. The molecule has 8 nitrogen and oxygen atoms in total. The molecule has 0 spiro atoms. The molecule has 0 radical (unpaired) electrons. The van der Waals surface area contributed by atoms with Gasteiger partial charge in [0.1, 0.15) is 33.4 Å². The Balaban J connectivity index is 1.33. The summed E-state index contributed by atoms with van der Waals surface area (Å²) in [6, 6.07) is 11.6. The van der Waals surface area contributed by atoms with Crippen LogP contribution < -0.4 is 4.74 Å². The van der Waals surface area contributed by atoms with E-state index in [-0.39, 0.29) is 52.7 Å². The lowest BCUT2D eigenvalue weighted by Crippen LogP contribution is -2.27. The average Bonchev–Trinajstić information content (AvgIpc) is 3.64. The Hall–Kier alpha value is -3.93. The lowest BCUT2D eigenvalue weighted by molar-refractivity contribution is 0.0697. The highest BCUT2D eigenvalue weighted by molar-refractivity contribution is 7.15. The Morgan fingerprint density at radius 1 is 1.19 bits per heavy atom. The van der Waals surface area contributed by atoms with E-state index in [1.54, 1.807) is 30.3 Å². The minimum Gasteiger partial charge on any atom is -0.478 e. The largest absolute Gasteiger partial charge is 0.478 e. The minimum absolute atomic E-state index is 0.0103. The molecule has 3 aromatic heterocycles. The third-order valence-corrected chi connectivity index (χ3v) is 8.41. The van der Waals surface area contributed by atoms with Gasteiger partial charge >= 0.3 is 5.97 Å². The number of hydrogen-bond donors (Lipinski definition) is 1. The lowest BCUT2D eigenvalue weighted by atomic mass is 9.87. The predicted octanol–water partition coefficient (Wildman–Crippen LogP) is 6.95. The standard InChI is InChI=1S/C30H25ClF2N4O4S/c1-30(2)15-40-13-24(30)37-23-9-16(29(38)39)6-7-22(23)35-26(37)10-17-8-20(33)18(11-19(17)32)21-4-3-5-27(36-21)41-14-28-34-12-25(31)42-28/h3-9,11-12,24H,10,13-15H2,1-2H3,(H,38,39). The van der Waals surface area contributed by atoms with E-state index in [9.17, 15) is 9.90 Å². The van der Waals surface area contributed by atoms with Crippen LogP contribution >= 0.6 is 22.9 Å². The van der Waals surface area contributed by atoms with Crippen molar-refractivity contribution < 1.29 is 28.2 Å². The number of benzene rings is 2. The summed E-state index contributed by atoms with van der Waals surface area (Å²) in [7, 11) is 0. The van der Waals surface area contributed by atoms with Gasteiger partial charge in [-0.2, -0.15) is 0 Å². The maximum absolute atomic E-state index is 15.6. The summed E-state index contributed by atoms with van der Waals surface area (Å²) in [5.41, 5.74) is 1.30. The van der Waals surface area contributed by atoms with Crippen molar-refractivity contribution in [3.05, 3.63) is 92.7 Å². The van der Waals surface area contributed by atoms with E-state index in [2.05, 4.69) is 9.97 Å². The molecule has 1 aliphatic rings. The number of aromatic nitrogens is 4. The van der Waals surface area contributed by atoms with Crippen LogP contribution in [0.1, 0.15) is 46.6 Å². The Morgan fingerprint density at radius 3 is 2.74 bits per heavy atom. The second-order valence-corrected chi connectivity index (χ2v) is 12.5. The molecule has 216 valence electrons. The first-order valence-electron chi connectivity index (χ1n) is 13.1. The summed E-state index contributed by atoms with van der Waals surface area (Å²) in [6.45, 7) is 5.13. The van der Waals surface area contributed by atoms with Crippen molar-refractivity contribution in [2.75, 3.05) is 13.2 Å². The summed E-state index contributed by atoms with van der Waals surface area (Å²) in [5, 5.41) is 10.2. The van der Waals surface area contributed by atoms with Crippen LogP contribution in [0.3, 0.4) is 0 Å². The van der Waals surface area contributed by atoms with E-state index < -0.39 is 17.6 Å². The van der Waals surface area contributed by atoms with Crippen LogP contribution in [0.2, 0.25) is 4.34 Å². The summed E-state index contributed by atoms with van der Waals surface area (Å²) in [4.78, 5) is 24.9. The number of carboxylic acids is 1. The summed E-state index contributed by atoms with van der Waals surface area (Å²) < 4.78 is 45.0. The van der Waals surface area contributed by atoms with Crippen LogP contribution in [-0.2, 0) is 17.8 Å². The van der Waals surface area contributed by atoms with Crippen molar-refractivity contribution in [1.29, 1.82) is 0 Å². The molecule has 1 unspecified atom stereocenters. The second-order valence-electron chi connectivity index (χ2n) is 10.7. The molecule has 12 heteroatoms. The lowest BCUT2D eigenvalue weighted by Gasteiger charge is -2.28. The van der Waals surface area contributed by atoms with E-state index in [4.69, 9.17) is 26.1 Å². The van der Waals surface area contributed by atoms with Gasteiger partial charge in [0.25, 0.3) is 0 Å². The third-order valence-electron chi connectivity index (χ3n) is 7.33. The number of ether oxygens (including phenoxy) is 2. The number of rotatable bonds is 8. The number of hydrogen-bond acceptors (Lipinski definition) is 7. The molecule has 1 fully saturated rings. The van der Waals surface area contributed by atoms with Gasteiger partial charge in [-0.3, -0.25) is 0 Å². The molecule has 1 aliphatic heterocycles.